The molecule has 7 nitrogen and oxygen atoms in total. The number of fused-ring (bicyclic) bond motifs is 1. The van der Waals surface area contributed by atoms with E-state index in [-0.39, 0.29) is 28.8 Å². The molecular formula is C18H21N5O2S. The summed E-state index contributed by atoms with van der Waals surface area (Å²) in [5.41, 5.74) is 1.92. The van der Waals surface area contributed by atoms with Gasteiger partial charge in [-0.2, -0.15) is 5.10 Å². The molecule has 2 aliphatic rings. The molecule has 136 valence electrons. The monoisotopic (exact) mass is 371 g/mol. The quantitative estimate of drug-likeness (QED) is 0.888. The molecule has 0 saturated carbocycles. The van der Waals surface area contributed by atoms with Crippen molar-refractivity contribution in [1.29, 1.82) is 0 Å². The van der Waals surface area contributed by atoms with Gasteiger partial charge in [0.15, 0.2) is 0 Å². The highest BCUT2D eigenvalue weighted by Gasteiger charge is 2.52. The van der Waals surface area contributed by atoms with Crippen molar-refractivity contribution >= 4 is 23.6 Å². The lowest BCUT2D eigenvalue weighted by Crippen LogP contribution is -2.50. The lowest BCUT2D eigenvalue weighted by Gasteiger charge is -2.30. The molecule has 8 heteroatoms. The molecule has 3 heterocycles. The maximum absolute atomic E-state index is 12.8. The molecule has 1 aromatic carbocycles. The molecule has 0 bridgehead atoms. The van der Waals surface area contributed by atoms with Crippen molar-refractivity contribution in [2.45, 2.75) is 43.6 Å². The van der Waals surface area contributed by atoms with E-state index in [0.29, 0.717) is 12.2 Å². The highest BCUT2D eigenvalue weighted by atomic mass is 32.2. The number of hydrogen-bond donors (Lipinski definition) is 1. The summed E-state index contributed by atoms with van der Waals surface area (Å²) in [6.07, 6.45) is 4.48. The molecule has 26 heavy (non-hydrogen) atoms. The molecule has 2 amide bonds. The first-order valence-corrected chi connectivity index (χ1v) is 9.68. The number of benzene rings is 1. The van der Waals surface area contributed by atoms with Crippen molar-refractivity contribution in [2.75, 3.05) is 5.75 Å². The normalized spacial score (nSPS) is 26.0. The summed E-state index contributed by atoms with van der Waals surface area (Å²) in [6, 6.07) is 7.31. The third-order valence-electron chi connectivity index (χ3n) is 5.18. The van der Waals surface area contributed by atoms with Gasteiger partial charge < -0.3 is 10.2 Å². The second-order valence-electron chi connectivity index (χ2n) is 6.93. The van der Waals surface area contributed by atoms with E-state index in [1.54, 1.807) is 27.7 Å². The Bertz CT molecular complexity index is 823. The first kappa shape index (κ1) is 17.1. The van der Waals surface area contributed by atoms with E-state index >= 15 is 0 Å². The second kappa shape index (κ2) is 6.42. The van der Waals surface area contributed by atoms with Gasteiger partial charge in [-0.3, -0.25) is 9.59 Å². The van der Waals surface area contributed by atoms with Crippen molar-refractivity contribution in [3.05, 3.63) is 42.5 Å². The lowest BCUT2D eigenvalue weighted by atomic mass is 10.1. The number of hydrogen-bond acceptors (Lipinski definition) is 5. The number of carbonyl (C=O) groups excluding carboxylic acids is 2. The first-order chi connectivity index (χ1) is 12.5. The Balaban J connectivity index is 1.44. The highest BCUT2D eigenvalue weighted by molar-refractivity contribution is 8.01. The number of nitrogens with one attached hydrogen (secondary N) is 1. The average molecular weight is 371 g/mol. The van der Waals surface area contributed by atoms with Crippen molar-refractivity contribution < 1.29 is 9.59 Å². The maximum Gasteiger partial charge on any atom is 0.244 e. The zero-order valence-corrected chi connectivity index (χ0v) is 15.6. The van der Waals surface area contributed by atoms with Gasteiger partial charge in [-0.1, -0.05) is 12.1 Å². The smallest absolute Gasteiger partial charge is 0.244 e. The van der Waals surface area contributed by atoms with Crippen LogP contribution in [0.1, 0.15) is 38.3 Å². The summed E-state index contributed by atoms with van der Waals surface area (Å²) in [5.74, 6) is 0.665. The summed E-state index contributed by atoms with van der Waals surface area (Å²) in [5, 5.41) is 7.16. The molecule has 0 aliphatic carbocycles. The zero-order chi connectivity index (χ0) is 18.3. The number of carbonyl (C=O) groups is 2. The van der Waals surface area contributed by atoms with Gasteiger partial charge in [-0.05, 0) is 38.0 Å². The standard InChI is InChI=1S/C18H21N5O2S/c1-12(13-3-5-14(6-4-13)22-11-19-10-20-22)21-17(25)15-9-26-18(2)8-7-16(24)23(15)18/h3-6,10-12,15H,7-9H2,1-2H3,(H,21,25). The van der Waals surface area contributed by atoms with Crippen LogP contribution in [0.5, 0.6) is 0 Å². The molecular weight excluding hydrogens is 350 g/mol. The van der Waals surface area contributed by atoms with E-state index in [9.17, 15) is 9.59 Å². The minimum Gasteiger partial charge on any atom is -0.348 e. The van der Waals surface area contributed by atoms with E-state index in [0.717, 1.165) is 17.7 Å². The summed E-state index contributed by atoms with van der Waals surface area (Å²) in [4.78, 5) is 30.5. The molecule has 0 spiro atoms. The Labute approximate surface area is 156 Å². The molecule has 3 unspecified atom stereocenters. The third-order valence-corrected chi connectivity index (χ3v) is 6.69. The molecule has 3 atom stereocenters. The van der Waals surface area contributed by atoms with E-state index in [2.05, 4.69) is 22.3 Å². The minimum absolute atomic E-state index is 0.0793. The Morgan fingerprint density at radius 3 is 2.85 bits per heavy atom. The van der Waals surface area contributed by atoms with Gasteiger partial charge in [0, 0.05) is 12.2 Å². The number of rotatable bonds is 4. The number of thioether (sulfide) groups is 1. The summed E-state index contributed by atoms with van der Waals surface area (Å²) >= 11 is 1.71. The molecule has 0 radical (unpaired) electrons. The molecule has 1 N–H and O–H groups in total. The third kappa shape index (κ3) is 2.88. The van der Waals surface area contributed by atoms with Gasteiger partial charge in [0.25, 0.3) is 0 Å². The number of amides is 2. The van der Waals surface area contributed by atoms with Crippen LogP contribution < -0.4 is 5.32 Å². The van der Waals surface area contributed by atoms with Crippen molar-refractivity contribution in [2.24, 2.45) is 0 Å². The fourth-order valence-electron chi connectivity index (χ4n) is 3.66. The van der Waals surface area contributed by atoms with Gasteiger partial charge in [0.1, 0.15) is 18.7 Å². The van der Waals surface area contributed by atoms with Crippen LogP contribution in [0.3, 0.4) is 0 Å². The van der Waals surface area contributed by atoms with Gasteiger partial charge >= 0.3 is 0 Å². The molecule has 1 aromatic heterocycles. The van der Waals surface area contributed by atoms with Gasteiger partial charge in [0.2, 0.25) is 11.8 Å². The van der Waals surface area contributed by atoms with E-state index < -0.39 is 0 Å². The Morgan fingerprint density at radius 2 is 2.15 bits per heavy atom. The van der Waals surface area contributed by atoms with Crippen molar-refractivity contribution in [1.82, 2.24) is 25.0 Å². The van der Waals surface area contributed by atoms with Gasteiger partial charge in [0.05, 0.1) is 16.6 Å². The largest absolute Gasteiger partial charge is 0.348 e. The predicted octanol–water partition coefficient (Wildman–Crippen LogP) is 1.90. The minimum atomic E-state index is -0.378. The van der Waals surface area contributed by atoms with E-state index in [1.165, 1.54) is 6.33 Å². The van der Waals surface area contributed by atoms with Crippen LogP contribution >= 0.6 is 11.8 Å². The van der Waals surface area contributed by atoms with Crippen LogP contribution in [-0.4, -0.2) is 48.1 Å². The number of nitrogens with zero attached hydrogens (tertiary/aromatic N) is 4. The molecule has 4 rings (SSSR count). The Hall–Kier alpha value is -2.35. The molecule has 2 aromatic rings. The predicted molar refractivity (Wildman–Crippen MR) is 98.6 cm³/mol. The average Bonchev–Trinajstić information content (AvgIpc) is 3.33. The topological polar surface area (TPSA) is 80.1 Å². The fraction of sp³-hybridized carbons (Fsp3) is 0.444. The Morgan fingerprint density at radius 1 is 1.38 bits per heavy atom. The zero-order valence-electron chi connectivity index (χ0n) is 14.8. The fourth-order valence-corrected chi connectivity index (χ4v) is 5.10. The first-order valence-electron chi connectivity index (χ1n) is 8.69. The number of aromatic nitrogens is 3. The highest BCUT2D eigenvalue weighted by Crippen LogP contribution is 2.47. The van der Waals surface area contributed by atoms with Crippen molar-refractivity contribution in [3.8, 4) is 5.69 Å². The summed E-state index contributed by atoms with van der Waals surface area (Å²) in [6.45, 7) is 4.01. The van der Waals surface area contributed by atoms with E-state index in [1.807, 2.05) is 31.2 Å². The van der Waals surface area contributed by atoms with Crippen molar-refractivity contribution in [3.63, 3.8) is 0 Å². The molecule has 2 saturated heterocycles. The molecule has 2 fully saturated rings. The van der Waals surface area contributed by atoms with E-state index in [4.69, 9.17) is 0 Å². The van der Waals surface area contributed by atoms with Gasteiger partial charge in [-0.25, -0.2) is 9.67 Å². The van der Waals surface area contributed by atoms with Crippen LogP contribution in [0.4, 0.5) is 0 Å². The summed E-state index contributed by atoms with van der Waals surface area (Å²) in [7, 11) is 0. The van der Waals surface area contributed by atoms with Gasteiger partial charge in [-0.15, -0.1) is 11.8 Å². The Kier molecular flexibility index (Phi) is 4.22. The van der Waals surface area contributed by atoms with Crippen LogP contribution in [-0.2, 0) is 9.59 Å². The van der Waals surface area contributed by atoms with Crippen LogP contribution in [0, 0.1) is 0 Å². The summed E-state index contributed by atoms with van der Waals surface area (Å²) < 4.78 is 1.68. The van der Waals surface area contributed by atoms with Crippen LogP contribution in [0.15, 0.2) is 36.9 Å². The lowest BCUT2D eigenvalue weighted by molar-refractivity contribution is -0.138. The SMILES string of the molecule is CC(NC(=O)C1CSC2(C)CCC(=O)N12)c1ccc(-n2cncn2)cc1. The maximum atomic E-state index is 12.8. The van der Waals surface area contributed by atoms with Crippen LogP contribution in [0.2, 0.25) is 0 Å². The van der Waals surface area contributed by atoms with Crippen LogP contribution in [0.25, 0.3) is 5.69 Å². The second-order valence-corrected chi connectivity index (χ2v) is 8.43. The molecule has 2 aliphatic heterocycles.